The molecule has 1 aromatic carbocycles. The van der Waals surface area contributed by atoms with E-state index in [9.17, 15) is 9.90 Å². The number of nitrogens with zero attached hydrogens (tertiary/aromatic N) is 1. The van der Waals surface area contributed by atoms with Crippen LogP contribution in [0.3, 0.4) is 0 Å². The Labute approximate surface area is 100 Å². The van der Waals surface area contributed by atoms with Crippen molar-refractivity contribution >= 4 is 12.3 Å². The second-order valence-electron chi connectivity index (χ2n) is 4.47. The molecule has 0 saturated carbocycles. The first-order valence-electron chi connectivity index (χ1n) is 5.18. The zero-order chi connectivity index (χ0) is 12.9. The van der Waals surface area contributed by atoms with Crippen molar-refractivity contribution in [1.29, 1.82) is 0 Å². The Morgan fingerprint density at radius 3 is 2.76 bits per heavy atom. The molecule has 17 heavy (non-hydrogen) atoms. The van der Waals surface area contributed by atoms with Crippen LogP contribution in [0, 0.1) is 0 Å². The van der Waals surface area contributed by atoms with Gasteiger partial charge in [-0.2, -0.15) is 5.10 Å². The van der Waals surface area contributed by atoms with Crippen LogP contribution >= 0.6 is 0 Å². The standard InChI is InChI=1S/C12H16N2O3/c1-12(2,3)17-11(16)14-13-8-9-5-4-6-10(15)7-9/h4-8,15H,1-3H3,(H,14,16). The van der Waals surface area contributed by atoms with Gasteiger partial charge in [0.15, 0.2) is 0 Å². The summed E-state index contributed by atoms with van der Waals surface area (Å²) in [6.07, 6.45) is 0.804. The highest BCUT2D eigenvalue weighted by Gasteiger charge is 2.15. The zero-order valence-electron chi connectivity index (χ0n) is 10.1. The van der Waals surface area contributed by atoms with Gasteiger partial charge in [0.2, 0.25) is 0 Å². The molecular weight excluding hydrogens is 220 g/mol. The first-order valence-corrected chi connectivity index (χ1v) is 5.18. The second kappa shape index (κ2) is 5.34. The summed E-state index contributed by atoms with van der Waals surface area (Å²) >= 11 is 0. The molecule has 0 bridgehead atoms. The van der Waals surface area contributed by atoms with Crippen LogP contribution in [-0.4, -0.2) is 23.0 Å². The number of rotatable bonds is 2. The summed E-state index contributed by atoms with van der Waals surface area (Å²) in [6.45, 7) is 5.31. The number of hydrogen-bond donors (Lipinski definition) is 2. The van der Waals surface area contributed by atoms with Crippen LogP contribution in [-0.2, 0) is 4.74 Å². The predicted molar refractivity (Wildman–Crippen MR) is 65.1 cm³/mol. The lowest BCUT2D eigenvalue weighted by molar-refractivity contribution is 0.0529. The van der Waals surface area contributed by atoms with Crippen LogP contribution < -0.4 is 5.43 Å². The molecule has 0 unspecified atom stereocenters. The van der Waals surface area contributed by atoms with Crippen molar-refractivity contribution in [3.8, 4) is 5.75 Å². The van der Waals surface area contributed by atoms with Gasteiger partial charge in [-0.25, -0.2) is 10.2 Å². The Hall–Kier alpha value is -2.04. The highest BCUT2D eigenvalue weighted by molar-refractivity contribution is 5.81. The fourth-order valence-corrected chi connectivity index (χ4v) is 1.07. The number of phenolic OH excluding ortho intramolecular Hbond substituents is 1. The predicted octanol–water partition coefficient (Wildman–Crippen LogP) is 2.25. The Balaban J connectivity index is 2.48. The third-order valence-corrected chi connectivity index (χ3v) is 1.64. The number of amides is 1. The number of carbonyl (C=O) groups is 1. The molecule has 0 aromatic heterocycles. The lowest BCUT2D eigenvalue weighted by Crippen LogP contribution is -2.29. The minimum absolute atomic E-state index is 0.145. The molecule has 0 atom stereocenters. The van der Waals surface area contributed by atoms with E-state index in [-0.39, 0.29) is 5.75 Å². The van der Waals surface area contributed by atoms with Gasteiger partial charge in [-0.3, -0.25) is 0 Å². The minimum atomic E-state index is -0.617. The number of hydrogen-bond acceptors (Lipinski definition) is 4. The molecule has 0 aliphatic carbocycles. The maximum Gasteiger partial charge on any atom is 0.428 e. The van der Waals surface area contributed by atoms with Crippen LogP contribution in [0.1, 0.15) is 26.3 Å². The molecule has 0 aliphatic heterocycles. The van der Waals surface area contributed by atoms with Gasteiger partial charge in [0.25, 0.3) is 0 Å². The van der Waals surface area contributed by atoms with E-state index in [1.165, 1.54) is 12.3 Å². The van der Waals surface area contributed by atoms with Crippen LogP contribution in [0.4, 0.5) is 4.79 Å². The molecule has 92 valence electrons. The summed E-state index contributed by atoms with van der Waals surface area (Å²) in [5.74, 6) is 0.145. The van der Waals surface area contributed by atoms with Crippen LogP contribution in [0.2, 0.25) is 0 Å². The van der Waals surface area contributed by atoms with Crippen LogP contribution in [0.5, 0.6) is 5.75 Å². The van der Waals surface area contributed by atoms with Gasteiger partial charge in [0.05, 0.1) is 6.21 Å². The van der Waals surface area contributed by atoms with Crippen LogP contribution in [0.25, 0.3) is 0 Å². The van der Waals surface area contributed by atoms with Crippen molar-refractivity contribution < 1.29 is 14.6 Å². The molecule has 1 aromatic rings. The van der Waals surface area contributed by atoms with Crippen LogP contribution in [0.15, 0.2) is 29.4 Å². The molecule has 1 amide bonds. The SMILES string of the molecule is CC(C)(C)OC(=O)NN=Cc1cccc(O)c1. The average Bonchev–Trinajstić information content (AvgIpc) is 2.14. The van der Waals surface area contributed by atoms with Crippen molar-refractivity contribution in [1.82, 2.24) is 5.43 Å². The number of ether oxygens (including phenoxy) is 1. The Bertz CT molecular complexity index is 422. The third-order valence-electron chi connectivity index (χ3n) is 1.64. The van der Waals surface area contributed by atoms with Gasteiger partial charge < -0.3 is 9.84 Å². The van der Waals surface area contributed by atoms with E-state index in [0.29, 0.717) is 5.56 Å². The summed E-state index contributed by atoms with van der Waals surface area (Å²) in [7, 11) is 0. The van der Waals surface area contributed by atoms with Crippen molar-refractivity contribution in [2.75, 3.05) is 0 Å². The molecular formula is C12H16N2O3. The van der Waals surface area contributed by atoms with E-state index in [2.05, 4.69) is 10.5 Å². The topological polar surface area (TPSA) is 70.9 Å². The van der Waals surface area contributed by atoms with E-state index in [1.807, 2.05) is 0 Å². The lowest BCUT2D eigenvalue weighted by atomic mass is 10.2. The van der Waals surface area contributed by atoms with E-state index >= 15 is 0 Å². The molecule has 0 fully saturated rings. The third kappa shape index (κ3) is 5.55. The molecule has 2 N–H and O–H groups in total. The lowest BCUT2D eigenvalue weighted by Gasteiger charge is -2.18. The highest BCUT2D eigenvalue weighted by Crippen LogP contribution is 2.09. The number of benzene rings is 1. The van der Waals surface area contributed by atoms with E-state index in [0.717, 1.165) is 0 Å². The van der Waals surface area contributed by atoms with Crippen molar-refractivity contribution in [3.63, 3.8) is 0 Å². The molecule has 5 heteroatoms. The number of aromatic hydroxyl groups is 1. The summed E-state index contributed by atoms with van der Waals surface area (Å²) < 4.78 is 4.99. The highest BCUT2D eigenvalue weighted by atomic mass is 16.6. The van der Waals surface area contributed by atoms with Gasteiger partial charge in [0, 0.05) is 0 Å². The largest absolute Gasteiger partial charge is 0.508 e. The smallest absolute Gasteiger partial charge is 0.428 e. The Kier molecular flexibility index (Phi) is 4.09. The fourth-order valence-electron chi connectivity index (χ4n) is 1.07. The normalized spacial score (nSPS) is 11.5. The molecule has 0 radical (unpaired) electrons. The summed E-state index contributed by atoms with van der Waals surface area (Å²) in [6, 6.07) is 6.52. The number of phenols is 1. The van der Waals surface area contributed by atoms with E-state index < -0.39 is 11.7 Å². The van der Waals surface area contributed by atoms with Crippen molar-refractivity contribution in [2.45, 2.75) is 26.4 Å². The maximum atomic E-state index is 11.2. The first kappa shape index (κ1) is 13.0. The van der Waals surface area contributed by atoms with Gasteiger partial charge in [0.1, 0.15) is 11.4 Å². The van der Waals surface area contributed by atoms with E-state index in [4.69, 9.17) is 4.74 Å². The summed E-state index contributed by atoms with van der Waals surface area (Å²) in [5, 5.41) is 12.9. The average molecular weight is 236 g/mol. The second-order valence-corrected chi connectivity index (χ2v) is 4.47. The quantitative estimate of drug-likeness (QED) is 0.611. The molecule has 0 heterocycles. The monoisotopic (exact) mass is 236 g/mol. The minimum Gasteiger partial charge on any atom is -0.508 e. The zero-order valence-corrected chi connectivity index (χ0v) is 10.1. The molecule has 5 nitrogen and oxygen atoms in total. The van der Waals surface area contributed by atoms with Gasteiger partial charge in [-0.1, -0.05) is 12.1 Å². The van der Waals surface area contributed by atoms with Gasteiger partial charge in [-0.15, -0.1) is 0 Å². The number of hydrazone groups is 1. The summed E-state index contributed by atoms with van der Waals surface area (Å²) in [5.41, 5.74) is 2.36. The van der Waals surface area contributed by atoms with Gasteiger partial charge >= 0.3 is 6.09 Å². The van der Waals surface area contributed by atoms with E-state index in [1.54, 1.807) is 39.0 Å². The molecule has 1 rings (SSSR count). The first-order chi connectivity index (χ1) is 7.87. The Morgan fingerprint density at radius 1 is 1.47 bits per heavy atom. The number of carbonyl (C=O) groups excluding carboxylic acids is 1. The molecule has 0 spiro atoms. The maximum absolute atomic E-state index is 11.2. The summed E-state index contributed by atoms with van der Waals surface area (Å²) in [4.78, 5) is 11.2. The van der Waals surface area contributed by atoms with Crippen molar-refractivity contribution in [3.05, 3.63) is 29.8 Å². The molecule has 0 aliphatic rings. The van der Waals surface area contributed by atoms with Gasteiger partial charge in [-0.05, 0) is 38.5 Å². The fraction of sp³-hybridized carbons (Fsp3) is 0.333. The Morgan fingerprint density at radius 2 is 2.18 bits per heavy atom. The number of nitrogens with one attached hydrogen (secondary N) is 1. The van der Waals surface area contributed by atoms with Crippen molar-refractivity contribution in [2.24, 2.45) is 5.10 Å². The molecule has 0 saturated heterocycles.